The van der Waals surface area contributed by atoms with Gasteiger partial charge in [-0.25, -0.2) is 0 Å². The molecule has 0 radical (unpaired) electrons. The predicted octanol–water partition coefficient (Wildman–Crippen LogP) is 2.90. The number of carbonyl (C=O) groups excluding carboxylic acids is 2. The third-order valence-corrected chi connectivity index (χ3v) is 4.26. The summed E-state index contributed by atoms with van der Waals surface area (Å²) in [6.45, 7) is 0. The molecule has 7 heteroatoms. The number of ether oxygens (including phenoxy) is 1. The van der Waals surface area contributed by atoms with Crippen molar-refractivity contribution in [2.45, 2.75) is 18.9 Å². The van der Waals surface area contributed by atoms with E-state index >= 15 is 0 Å². The van der Waals surface area contributed by atoms with Gasteiger partial charge >= 0.3 is 0 Å². The number of phenols is 3. The fraction of sp³-hybridized carbons (Fsp3) is 0.176. The summed E-state index contributed by atoms with van der Waals surface area (Å²) in [6, 6.07) is 6.13. The van der Waals surface area contributed by atoms with Crippen molar-refractivity contribution < 1.29 is 29.6 Å². The summed E-state index contributed by atoms with van der Waals surface area (Å²) in [5.41, 5.74) is 0.400. The number of hydrogen-bond acceptors (Lipinski definition) is 6. The Balaban J connectivity index is 2.09. The van der Waals surface area contributed by atoms with Crippen molar-refractivity contribution >= 4 is 23.7 Å². The van der Waals surface area contributed by atoms with Gasteiger partial charge in [-0.15, -0.1) is 0 Å². The van der Waals surface area contributed by atoms with Gasteiger partial charge in [-0.3, -0.25) is 4.79 Å². The van der Waals surface area contributed by atoms with Gasteiger partial charge in [0.05, 0.1) is 6.42 Å². The van der Waals surface area contributed by atoms with E-state index in [9.17, 15) is 24.9 Å². The van der Waals surface area contributed by atoms with E-state index in [4.69, 9.17) is 16.3 Å². The molecule has 0 saturated carbocycles. The van der Waals surface area contributed by atoms with Crippen LogP contribution in [0, 0.1) is 0 Å². The standard InChI is InChI=1S/C17H13ClO6/c18-14-16(23)10(5-6-19)15(22)13-11(21)7-12(24-17(13)14)8-1-3-9(20)4-2-8/h1-4,6,12,20,22-23H,5,7H2. The highest BCUT2D eigenvalue weighted by Gasteiger charge is 2.35. The van der Waals surface area contributed by atoms with Crippen LogP contribution in [-0.4, -0.2) is 27.4 Å². The van der Waals surface area contributed by atoms with E-state index in [0.29, 0.717) is 11.8 Å². The molecule has 3 rings (SSSR count). The SMILES string of the molecule is O=CCc1c(O)c(Cl)c2c(c1O)C(=O)CC(c1ccc(O)cc1)O2. The van der Waals surface area contributed by atoms with Crippen molar-refractivity contribution in [1.29, 1.82) is 0 Å². The first-order chi connectivity index (χ1) is 11.4. The number of phenolic OH excluding ortho intramolecular Hbond substituents is 3. The normalized spacial score (nSPS) is 16.4. The highest BCUT2D eigenvalue weighted by molar-refractivity contribution is 6.34. The van der Waals surface area contributed by atoms with Gasteiger partial charge in [0, 0.05) is 12.0 Å². The van der Waals surface area contributed by atoms with Gasteiger partial charge in [0.15, 0.2) is 11.5 Å². The molecule has 0 spiro atoms. The van der Waals surface area contributed by atoms with Gasteiger partial charge < -0.3 is 24.9 Å². The number of hydrogen-bond donors (Lipinski definition) is 3. The lowest BCUT2D eigenvalue weighted by Gasteiger charge is -2.28. The van der Waals surface area contributed by atoms with Crippen LogP contribution >= 0.6 is 11.6 Å². The molecule has 0 bridgehead atoms. The van der Waals surface area contributed by atoms with Crippen molar-refractivity contribution in [3.8, 4) is 23.0 Å². The first kappa shape index (κ1) is 16.1. The first-order valence-corrected chi connectivity index (χ1v) is 7.50. The van der Waals surface area contributed by atoms with Crippen LogP contribution < -0.4 is 4.74 Å². The van der Waals surface area contributed by atoms with Crippen molar-refractivity contribution in [3.05, 3.63) is 46.0 Å². The maximum Gasteiger partial charge on any atom is 0.174 e. The molecular formula is C17H13ClO6. The van der Waals surface area contributed by atoms with Gasteiger partial charge in [0.25, 0.3) is 0 Å². The Bertz CT molecular complexity index is 828. The minimum atomic E-state index is -0.668. The lowest BCUT2D eigenvalue weighted by Crippen LogP contribution is -2.21. The Morgan fingerprint density at radius 1 is 1.17 bits per heavy atom. The third kappa shape index (κ3) is 2.55. The van der Waals surface area contributed by atoms with Gasteiger partial charge in [-0.2, -0.15) is 0 Å². The summed E-state index contributed by atoms with van der Waals surface area (Å²) >= 11 is 6.07. The summed E-state index contributed by atoms with van der Waals surface area (Å²) in [4.78, 5) is 23.2. The highest BCUT2D eigenvalue weighted by atomic mass is 35.5. The number of rotatable bonds is 3. The number of Topliss-reactive ketones (excluding diaryl/α,β-unsaturated/α-hetero) is 1. The molecule has 1 unspecified atom stereocenters. The predicted molar refractivity (Wildman–Crippen MR) is 85.0 cm³/mol. The second kappa shape index (κ2) is 6.05. The molecule has 0 aromatic heterocycles. The third-order valence-electron chi connectivity index (χ3n) is 3.90. The van der Waals surface area contributed by atoms with Crippen LogP contribution in [0.5, 0.6) is 23.0 Å². The molecule has 24 heavy (non-hydrogen) atoms. The van der Waals surface area contributed by atoms with Gasteiger partial charge in [-0.05, 0) is 17.7 Å². The fourth-order valence-corrected chi connectivity index (χ4v) is 2.95. The highest BCUT2D eigenvalue weighted by Crippen LogP contribution is 2.50. The van der Waals surface area contributed by atoms with Crippen LogP contribution in [-0.2, 0) is 11.2 Å². The zero-order valence-electron chi connectivity index (χ0n) is 12.3. The maximum atomic E-state index is 12.5. The van der Waals surface area contributed by atoms with E-state index in [2.05, 4.69) is 0 Å². The second-order valence-electron chi connectivity index (χ2n) is 5.39. The van der Waals surface area contributed by atoms with E-state index in [0.717, 1.165) is 0 Å². The quantitative estimate of drug-likeness (QED) is 0.737. The van der Waals surface area contributed by atoms with E-state index in [1.807, 2.05) is 0 Å². The summed E-state index contributed by atoms with van der Waals surface area (Å²) in [7, 11) is 0. The molecule has 1 atom stereocenters. The molecule has 2 aromatic rings. The number of fused-ring (bicyclic) bond motifs is 1. The van der Waals surface area contributed by atoms with E-state index in [1.54, 1.807) is 12.1 Å². The summed E-state index contributed by atoms with van der Waals surface area (Å²) in [5, 5.41) is 29.4. The Hall–Kier alpha value is -2.73. The smallest absolute Gasteiger partial charge is 0.174 e. The van der Waals surface area contributed by atoms with Crippen LogP contribution in [0.4, 0.5) is 0 Å². The fourth-order valence-electron chi connectivity index (χ4n) is 2.70. The number of ketones is 1. The van der Waals surface area contributed by atoms with Gasteiger partial charge in [0.1, 0.15) is 40.2 Å². The van der Waals surface area contributed by atoms with Gasteiger partial charge in [-0.1, -0.05) is 23.7 Å². The molecule has 124 valence electrons. The van der Waals surface area contributed by atoms with E-state index in [-0.39, 0.29) is 40.5 Å². The molecule has 1 heterocycles. The number of carbonyl (C=O) groups is 2. The van der Waals surface area contributed by atoms with Crippen molar-refractivity contribution in [2.24, 2.45) is 0 Å². The second-order valence-corrected chi connectivity index (χ2v) is 5.77. The Morgan fingerprint density at radius 3 is 2.46 bits per heavy atom. The van der Waals surface area contributed by atoms with E-state index < -0.39 is 23.4 Å². The van der Waals surface area contributed by atoms with Crippen LogP contribution in [0.25, 0.3) is 0 Å². The molecule has 0 fully saturated rings. The van der Waals surface area contributed by atoms with Gasteiger partial charge in [0.2, 0.25) is 0 Å². The molecule has 2 aromatic carbocycles. The lowest BCUT2D eigenvalue weighted by molar-refractivity contribution is -0.107. The Labute approximate surface area is 141 Å². The zero-order chi connectivity index (χ0) is 17.4. The Kier molecular flexibility index (Phi) is 4.07. The van der Waals surface area contributed by atoms with E-state index in [1.165, 1.54) is 12.1 Å². The van der Waals surface area contributed by atoms with Crippen LogP contribution in [0.3, 0.4) is 0 Å². The molecule has 6 nitrogen and oxygen atoms in total. The summed E-state index contributed by atoms with van der Waals surface area (Å²) in [5.74, 6) is -1.43. The van der Waals surface area contributed by atoms with Crippen molar-refractivity contribution in [3.63, 3.8) is 0 Å². The molecule has 0 saturated heterocycles. The molecule has 0 aliphatic carbocycles. The Morgan fingerprint density at radius 2 is 1.83 bits per heavy atom. The minimum absolute atomic E-state index is 0.0486. The van der Waals surface area contributed by atoms with Crippen molar-refractivity contribution in [2.75, 3.05) is 0 Å². The molecule has 1 aliphatic rings. The average molecular weight is 349 g/mol. The maximum absolute atomic E-state index is 12.5. The monoisotopic (exact) mass is 348 g/mol. The number of halogens is 1. The van der Waals surface area contributed by atoms with Crippen molar-refractivity contribution in [1.82, 2.24) is 0 Å². The van der Waals surface area contributed by atoms with Crippen LogP contribution in [0.15, 0.2) is 24.3 Å². The van der Waals surface area contributed by atoms with Crippen LogP contribution in [0.1, 0.15) is 34.0 Å². The zero-order valence-corrected chi connectivity index (χ0v) is 13.1. The average Bonchev–Trinajstić information content (AvgIpc) is 2.56. The first-order valence-electron chi connectivity index (χ1n) is 7.12. The lowest BCUT2D eigenvalue weighted by atomic mass is 9.93. The molecule has 3 N–H and O–H groups in total. The largest absolute Gasteiger partial charge is 0.508 e. The molecule has 1 aliphatic heterocycles. The summed E-state index contributed by atoms with van der Waals surface area (Å²) in [6.07, 6.45) is -0.504. The number of aromatic hydroxyl groups is 3. The molecular weight excluding hydrogens is 336 g/mol. The minimum Gasteiger partial charge on any atom is -0.508 e. The van der Waals surface area contributed by atoms with Crippen LogP contribution in [0.2, 0.25) is 5.02 Å². The number of benzene rings is 2. The number of aldehydes is 1. The summed E-state index contributed by atoms with van der Waals surface area (Å²) < 4.78 is 5.71. The topological polar surface area (TPSA) is 104 Å². The molecule has 0 amide bonds.